The molecule has 0 radical (unpaired) electrons. The maximum atomic E-state index is 11.7. The second kappa shape index (κ2) is 8.70. The SMILES string of the molecule is CC(=O)OCCCCCCCC1C(=O)C(O)CC1C#N. The summed E-state index contributed by atoms with van der Waals surface area (Å²) in [5.74, 6) is -1.00. The third-order valence-electron chi connectivity index (χ3n) is 3.79. The molecule has 0 aliphatic heterocycles. The van der Waals surface area contributed by atoms with Crippen LogP contribution in [-0.4, -0.2) is 29.6 Å². The maximum Gasteiger partial charge on any atom is 0.302 e. The van der Waals surface area contributed by atoms with Crippen LogP contribution in [0.4, 0.5) is 0 Å². The number of hydrogen-bond acceptors (Lipinski definition) is 5. The van der Waals surface area contributed by atoms with Crippen molar-refractivity contribution in [3.8, 4) is 6.07 Å². The summed E-state index contributed by atoms with van der Waals surface area (Å²) in [4.78, 5) is 22.2. The Balaban J connectivity index is 2.08. The van der Waals surface area contributed by atoms with E-state index >= 15 is 0 Å². The zero-order valence-corrected chi connectivity index (χ0v) is 12.0. The second-order valence-electron chi connectivity index (χ2n) is 5.39. The Morgan fingerprint density at radius 2 is 2.00 bits per heavy atom. The highest BCUT2D eigenvalue weighted by Gasteiger charge is 2.40. The minimum absolute atomic E-state index is 0.161. The van der Waals surface area contributed by atoms with E-state index in [9.17, 15) is 14.7 Å². The number of esters is 1. The van der Waals surface area contributed by atoms with Crippen LogP contribution in [0.3, 0.4) is 0 Å². The Kier molecular flexibility index (Phi) is 7.24. The number of Topliss-reactive ketones (excluding diaryl/α,β-unsaturated/α-hetero) is 1. The summed E-state index contributed by atoms with van der Waals surface area (Å²) in [6.45, 7) is 1.87. The predicted molar refractivity (Wildman–Crippen MR) is 72.6 cm³/mol. The van der Waals surface area contributed by atoms with Crippen LogP contribution in [0.25, 0.3) is 0 Å². The number of unbranched alkanes of at least 4 members (excludes halogenated alkanes) is 4. The molecule has 0 bridgehead atoms. The van der Waals surface area contributed by atoms with Gasteiger partial charge in [-0.15, -0.1) is 0 Å². The molecule has 0 aromatic rings. The maximum absolute atomic E-state index is 11.7. The molecule has 1 rings (SSSR count). The number of carbonyl (C=O) groups is 2. The quantitative estimate of drug-likeness (QED) is 0.543. The lowest BCUT2D eigenvalue weighted by Gasteiger charge is -2.11. The van der Waals surface area contributed by atoms with Gasteiger partial charge in [-0.2, -0.15) is 5.26 Å². The molecule has 1 fully saturated rings. The minimum atomic E-state index is -0.937. The van der Waals surface area contributed by atoms with Crippen LogP contribution in [0.1, 0.15) is 51.9 Å². The highest BCUT2D eigenvalue weighted by Crippen LogP contribution is 2.32. The van der Waals surface area contributed by atoms with Gasteiger partial charge in [-0.05, 0) is 19.3 Å². The third kappa shape index (κ3) is 5.30. The van der Waals surface area contributed by atoms with E-state index in [0.717, 1.165) is 32.1 Å². The first-order valence-electron chi connectivity index (χ1n) is 7.31. The monoisotopic (exact) mass is 281 g/mol. The van der Waals surface area contributed by atoms with E-state index in [1.165, 1.54) is 6.92 Å². The predicted octanol–water partition coefficient (Wildman–Crippen LogP) is 1.98. The fourth-order valence-corrected chi connectivity index (χ4v) is 2.67. The molecule has 20 heavy (non-hydrogen) atoms. The molecule has 3 unspecified atom stereocenters. The molecule has 1 saturated carbocycles. The van der Waals surface area contributed by atoms with E-state index in [4.69, 9.17) is 10.00 Å². The Morgan fingerprint density at radius 1 is 1.35 bits per heavy atom. The molecule has 5 nitrogen and oxygen atoms in total. The van der Waals surface area contributed by atoms with E-state index in [-0.39, 0.29) is 23.6 Å². The zero-order valence-electron chi connectivity index (χ0n) is 12.0. The molecule has 3 atom stereocenters. The number of aliphatic hydroxyl groups is 1. The van der Waals surface area contributed by atoms with Gasteiger partial charge in [0.05, 0.1) is 18.6 Å². The Bertz CT molecular complexity index is 375. The van der Waals surface area contributed by atoms with Crippen molar-refractivity contribution in [3.05, 3.63) is 0 Å². The van der Waals surface area contributed by atoms with E-state index in [1.807, 2.05) is 0 Å². The van der Waals surface area contributed by atoms with Gasteiger partial charge < -0.3 is 9.84 Å². The highest BCUT2D eigenvalue weighted by atomic mass is 16.5. The minimum Gasteiger partial charge on any atom is -0.466 e. The second-order valence-corrected chi connectivity index (χ2v) is 5.39. The number of carbonyl (C=O) groups excluding carboxylic acids is 2. The number of aliphatic hydroxyl groups excluding tert-OH is 1. The van der Waals surface area contributed by atoms with E-state index in [0.29, 0.717) is 19.4 Å². The number of ketones is 1. The van der Waals surface area contributed by atoms with E-state index in [1.54, 1.807) is 0 Å². The first-order valence-corrected chi connectivity index (χ1v) is 7.31. The number of rotatable bonds is 8. The average molecular weight is 281 g/mol. The van der Waals surface area contributed by atoms with Crippen molar-refractivity contribution in [2.24, 2.45) is 11.8 Å². The standard InChI is InChI=1S/C15H23NO4/c1-11(17)20-8-6-4-2-3-5-7-13-12(10-16)9-14(18)15(13)19/h12-14,18H,2-9H2,1H3. The normalized spacial score (nSPS) is 25.4. The molecule has 0 saturated heterocycles. The zero-order chi connectivity index (χ0) is 15.0. The van der Waals surface area contributed by atoms with E-state index in [2.05, 4.69) is 6.07 Å². The first-order chi connectivity index (χ1) is 9.56. The molecule has 0 heterocycles. The van der Waals surface area contributed by atoms with Gasteiger partial charge in [0, 0.05) is 12.8 Å². The summed E-state index contributed by atoms with van der Waals surface area (Å²) in [5.41, 5.74) is 0. The molecule has 1 aliphatic carbocycles. The lowest BCUT2D eigenvalue weighted by atomic mass is 9.91. The Hall–Kier alpha value is -1.41. The van der Waals surface area contributed by atoms with Crippen LogP contribution in [0.2, 0.25) is 0 Å². The Labute approximate surface area is 119 Å². The third-order valence-corrected chi connectivity index (χ3v) is 3.79. The van der Waals surface area contributed by atoms with Crippen LogP contribution in [0, 0.1) is 23.2 Å². The fraction of sp³-hybridized carbons (Fsp3) is 0.800. The average Bonchev–Trinajstić information content (AvgIpc) is 2.68. The van der Waals surface area contributed by atoms with Gasteiger partial charge in [0.2, 0.25) is 0 Å². The number of hydrogen-bond donors (Lipinski definition) is 1. The first kappa shape index (κ1) is 16.6. The molecular weight excluding hydrogens is 258 g/mol. The van der Waals surface area contributed by atoms with Crippen LogP contribution in [-0.2, 0) is 14.3 Å². The van der Waals surface area contributed by atoms with Gasteiger partial charge >= 0.3 is 5.97 Å². The van der Waals surface area contributed by atoms with Crippen molar-refractivity contribution in [2.75, 3.05) is 6.61 Å². The highest BCUT2D eigenvalue weighted by molar-refractivity contribution is 5.88. The van der Waals surface area contributed by atoms with Crippen LogP contribution in [0.5, 0.6) is 0 Å². The van der Waals surface area contributed by atoms with Gasteiger partial charge in [-0.3, -0.25) is 9.59 Å². The van der Waals surface area contributed by atoms with E-state index < -0.39 is 6.10 Å². The van der Waals surface area contributed by atoms with Gasteiger partial charge in [0.25, 0.3) is 0 Å². The fourth-order valence-electron chi connectivity index (χ4n) is 2.67. The van der Waals surface area contributed by atoms with Crippen molar-refractivity contribution in [2.45, 2.75) is 58.0 Å². The summed E-state index contributed by atoms with van der Waals surface area (Å²) in [6, 6.07) is 2.12. The van der Waals surface area contributed by atoms with Crippen molar-refractivity contribution in [3.63, 3.8) is 0 Å². The Morgan fingerprint density at radius 3 is 2.65 bits per heavy atom. The summed E-state index contributed by atoms with van der Waals surface area (Å²) in [7, 11) is 0. The molecule has 0 amide bonds. The largest absolute Gasteiger partial charge is 0.466 e. The summed E-state index contributed by atoms with van der Waals surface area (Å²) in [6.07, 6.45) is 4.83. The van der Waals surface area contributed by atoms with Gasteiger partial charge in [-0.1, -0.05) is 25.7 Å². The molecule has 112 valence electrons. The lowest BCUT2D eigenvalue weighted by Crippen LogP contribution is -2.19. The van der Waals surface area contributed by atoms with Crippen LogP contribution in [0.15, 0.2) is 0 Å². The van der Waals surface area contributed by atoms with Crippen molar-refractivity contribution in [1.29, 1.82) is 5.26 Å². The molecule has 0 spiro atoms. The van der Waals surface area contributed by atoms with Crippen LogP contribution >= 0.6 is 0 Å². The number of nitriles is 1. The van der Waals surface area contributed by atoms with Gasteiger partial charge in [0.1, 0.15) is 6.10 Å². The molecule has 1 aliphatic rings. The topological polar surface area (TPSA) is 87.4 Å². The van der Waals surface area contributed by atoms with Gasteiger partial charge in [0.15, 0.2) is 5.78 Å². The number of ether oxygens (including phenoxy) is 1. The van der Waals surface area contributed by atoms with Crippen molar-refractivity contribution < 1.29 is 19.4 Å². The summed E-state index contributed by atoms with van der Waals surface area (Å²) < 4.78 is 4.84. The molecule has 0 aromatic carbocycles. The lowest BCUT2D eigenvalue weighted by molar-refractivity contribution is -0.141. The molecule has 1 N–H and O–H groups in total. The summed E-state index contributed by atoms with van der Waals surface area (Å²) in [5, 5.41) is 18.4. The van der Waals surface area contributed by atoms with Gasteiger partial charge in [-0.25, -0.2) is 0 Å². The van der Waals surface area contributed by atoms with Crippen LogP contribution < -0.4 is 0 Å². The molecular formula is C15H23NO4. The smallest absolute Gasteiger partial charge is 0.302 e. The van der Waals surface area contributed by atoms with Crippen molar-refractivity contribution >= 4 is 11.8 Å². The molecule has 5 heteroatoms. The number of nitrogens with zero attached hydrogens (tertiary/aromatic N) is 1. The summed E-state index contributed by atoms with van der Waals surface area (Å²) >= 11 is 0. The molecule has 0 aromatic heterocycles. The van der Waals surface area contributed by atoms with Crippen molar-refractivity contribution in [1.82, 2.24) is 0 Å².